The highest BCUT2D eigenvalue weighted by molar-refractivity contribution is 6.02. The van der Waals surface area contributed by atoms with Crippen LogP contribution in [-0.2, 0) is 4.74 Å². The lowest BCUT2D eigenvalue weighted by Crippen LogP contribution is -2.45. The summed E-state index contributed by atoms with van der Waals surface area (Å²) in [6.07, 6.45) is 0. The van der Waals surface area contributed by atoms with E-state index in [0.29, 0.717) is 5.56 Å². The number of Topliss-reactive ketones (excluding diaryl/α,β-unsaturated/α-hetero) is 1. The first-order chi connectivity index (χ1) is 14.0. The Morgan fingerprint density at radius 2 is 1.34 bits per heavy atom. The number of carbonyl (C=O) groups is 1. The summed E-state index contributed by atoms with van der Waals surface area (Å²) < 4.78 is 36.3. The summed E-state index contributed by atoms with van der Waals surface area (Å²) in [4.78, 5) is 12.7. The Bertz CT molecular complexity index is 902. The SMILES string of the molecule is COC[C@H](NC(c1ccccc1)C(F)(F)C(=O)c1ccccc1)c1ccccc1. The van der Waals surface area contributed by atoms with E-state index in [1.165, 1.54) is 19.2 Å². The first-order valence-electron chi connectivity index (χ1n) is 9.36. The Hall–Kier alpha value is -2.89. The standard InChI is InChI=1S/C24H23F2NO2/c1-29-17-21(18-11-5-2-6-12-18)27-22(19-13-7-3-8-14-19)24(25,26)23(28)20-15-9-4-10-16-20/h2-16,21-22,27H,17H2,1H3/t21-,22?/m0/s1. The molecule has 0 aliphatic heterocycles. The van der Waals surface area contributed by atoms with E-state index in [4.69, 9.17) is 4.74 Å². The summed E-state index contributed by atoms with van der Waals surface area (Å²) in [5.41, 5.74) is 1.11. The minimum atomic E-state index is -3.66. The molecule has 0 amide bonds. The van der Waals surface area contributed by atoms with Crippen LogP contribution >= 0.6 is 0 Å². The van der Waals surface area contributed by atoms with E-state index < -0.39 is 23.8 Å². The van der Waals surface area contributed by atoms with Crippen molar-refractivity contribution in [3.8, 4) is 0 Å². The van der Waals surface area contributed by atoms with Gasteiger partial charge in [-0.2, -0.15) is 8.78 Å². The highest BCUT2D eigenvalue weighted by atomic mass is 19.3. The van der Waals surface area contributed by atoms with Crippen molar-refractivity contribution < 1.29 is 18.3 Å². The number of carbonyl (C=O) groups excluding carboxylic acids is 1. The van der Waals surface area contributed by atoms with Crippen LogP contribution in [0.1, 0.15) is 33.6 Å². The number of hydrogen-bond acceptors (Lipinski definition) is 3. The van der Waals surface area contributed by atoms with Crippen LogP contribution in [0.3, 0.4) is 0 Å². The first kappa shape index (κ1) is 20.8. The van der Waals surface area contributed by atoms with Gasteiger partial charge < -0.3 is 4.74 Å². The second kappa shape index (κ2) is 9.54. The predicted octanol–water partition coefficient (Wildman–Crippen LogP) is 5.22. The molecule has 2 atom stereocenters. The van der Waals surface area contributed by atoms with E-state index in [1.54, 1.807) is 48.5 Å². The molecule has 3 aromatic rings. The number of ether oxygens (including phenoxy) is 1. The van der Waals surface area contributed by atoms with Gasteiger partial charge in [0.2, 0.25) is 5.78 Å². The molecule has 3 aromatic carbocycles. The van der Waals surface area contributed by atoms with Gasteiger partial charge in [0.05, 0.1) is 12.6 Å². The maximum Gasteiger partial charge on any atom is 0.328 e. The smallest absolute Gasteiger partial charge is 0.328 e. The van der Waals surface area contributed by atoms with Crippen molar-refractivity contribution in [3.63, 3.8) is 0 Å². The first-order valence-corrected chi connectivity index (χ1v) is 9.36. The fourth-order valence-electron chi connectivity index (χ4n) is 3.26. The van der Waals surface area contributed by atoms with Gasteiger partial charge in [0.25, 0.3) is 0 Å². The maximum atomic E-state index is 15.5. The number of nitrogens with one attached hydrogen (secondary N) is 1. The lowest BCUT2D eigenvalue weighted by atomic mass is 9.92. The van der Waals surface area contributed by atoms with Crippen molar-refractivity contribution in [1.82, 2.24) is 5.32 Å². The van der Waals surface area contributed by atoms with Crippen LogP contribution in [0.5, 0.6) is 0 Å². The molecule has 0 bridgehead atoms. The fourth-order valence-corrected chi connectivity index (χ4v) is 3.26. The van der Waals surface area contributed by atoms with Gasteiger partial charge in [0, 0.05) is 12.7 Å². The molecule has 0 aromatic heterocycles. The van der Waals surface area contributed by atoms with Crippen LogP contribution in [0.15, 0.2) is 91.0 Å². The van der Waals surface area contributed by atoms with Crippen molar-refractivity contribution in [1.29, 1.82) is 0 Å². The molecule has 0 saturated heterocycles. The molecule has 5 heteroatoms. The largest absolute Gasteiger partial charge is 0.383 e. The molecule has 1 N–H and O–H groups in total. The third kappa shape index (κ3) is 4.94. The van der Waals surface area contributed by atoms with E-state index >= 15 is 8.78 Å². The van der Waals surface area contributed by atoms with E-state index in [9.17, 15) is 4.79 Å². The highest BCUT2D eigenvalue weighted by Crippen LogP contribution is 2.36. The minimum Gasteiger partial charge on any atom is -0.383 e. The third-order valence-electron chi connectivity index (χ3n) is 4.74. The van der Waals surface area contributed by atoms with Gasteiger partial charge in [-0.1, -0.05) is 91.0 Å². The molecule has 150 valence electrons. The fraction of sp³-hybridized carbons (Fsp3) is 0.208. The van der Waals surface area contributed by atoms with Crippen molar-refractivity contribution in [3.05, 3.63) is 108 Å². The average Bonchev–Trinajstić information content (AvgIpc) is 2.77. The Labute approximate surface area is 169 Å². The molecule has 0 heterocycles. The summed E-state index contributed by atoms with van der Waals surface area (Å²) in [5, 5.41) is 2.98. The monoisotopic (exact) mass is 395 g/mol. The topological polar surface area (TPSA) is 38.3 Å². The van der Waals surface area contributed by atoms with Crippen molar-refractivity contribution in [2.45, 2.75) is 18.0 Å². The molecule has 0 saturated carbocycles. The van der Waals surface area contributed by atoms with E-state index in [1.807, 2.05) is 30.3 Å². The number of benzene rings is 3. The molecule has 3 nitrogen and oxygen atoms in total. The molecule has 0 aliphatic rings. The Morgan fingerprint density at radius 1 is 0.862 bits per heavy atom. The van der Waals surface area contributed by atoms with Crippen LogP contribution in [-0.4, -0.2) is 25.4 Å². The quantitative estimate of drug-likeness (QED) is 0.505. The lowest BCUT2D eigenvalue weighted by molar-refractivity contribution is -0.0219. The van der Waals surface area contributed by atoms with E-state index in [0.717, 1.165) is 5.56 Å². The molecular formula is C24H23F2NO2. The second-order valence-electron chi connectivity index (χ2n) is 6.75. The molecule has 0 spiro atoms. The summed E-state index contributed by atoms with van der Waals surface area (Å²) in [7, 11) is 1.52. The van der Waals surface area contributed by atoms with Crippen molar-refractivity contribution >= 4 is 5.78 Å². The van der Waals surface area contributed by atoms with Gasteiger partial charge in [-0.05, 0) is 11.1 Å². The summed E-state index contributed by atoms with van der Waals surface area (Å²) in [5.74, 6) is -4.88. The van der Waals surface area contributed by atoms with Gasteiger partial charge in [-0.3, -0.25) is 10.1 Å². The van der Waals surface area contributed by atoms with Crippen LogP contribution < -0.4 is 5.32 Å². The molecule has 0 fully saturated rings. The number of halogens is 2. The molecule has 0 aliphatic carbocycles. The lowest BCUT2D eigenvalue weighted by Gasteiger charge is -2.31. The number of hydrogen-bond donors (Lipinski definition) is 1. The maximum absolute atomic E-state index is 15.5. The highest BCUT2D eigenvalue weighted by Gasteiger charge is 2.48. The summed E-state index contributed by atoms with van der Waals surface area (Å²) >= 11 is 0. The van der Waals surface area contributed by atoms with Crippen molar-refractivity contribution in [2.75, 3.05) is 13.7 Å². The van der Waals surface area contributed by atoms with Gasteiger partial charge in [0.15, 0.2) is 0 Å². The Balaban J connectivity index is 1.99. The van der Waals surface area contributed by atoms with Gasteiger partial charge in [-0.15, -0.1) is 0 Å². The minimum absolute atomic E-state index is 0.0248. The summed E-state index contributed by atoms with van der Waals surface area (Å²) in [6, 6.07) is 23.1. The summed E-state index contributed by atoms with van der Waals surface area (Å²) in [6.45, 7) is 0.183. The van der Waals surface area contributed by atoms with Gasteiger partial charge in [-0.25, -0.2) is 0 Å². The average molecular weight is 395 g/mol. The molecular weight excluding hydrogens is 372 g/mol. The molecule has 1 unspecified atom stereocenters. The normalized spacial score (nSPS) is 13.6. The Morgan fingerprint density at radius 3 is 1.86 bits per heavy atom. The van der Waals surface area contributed by atoms with Gasteiger partial charge in [0.1, 0.15) is 6.04 Å². The predicted molar refractivity (Wildman–Crippen MR) is 109 cm³/mol. The number of rotatable bonds is 9. The molecule has 0 radical (unpaired) electrons. The number of ketones is 1. The zero-order chi connectivity index (χ0) is 20.7. The van der Waals surface area contributed by atoms with Gasteiger partial charge >= 0.3 is 5.92 Å². The molecule has 3 rings (SSSR count). The van der Waals surface area contributed by atoms with Crippen molar-refractivity contribution in [2.24, 2.45) is 0 Å². The zero-order valence-corrected chi connectivity index (χ0v) is 16.1. The molecule has 29 heavy (non-hydrogen) atoms. The van der Waals surface area contributed by atoms with Crippen LogP contribution in [0, 0.1) is 0 Å². The Kier molecular flexibility index (Phi) is 6.86. The second-order valence-corrected chi connectivity index (χ2v) is 6.75. The van der Waals surface area contributed by atoms with E-state index in [-0.39, 0.29) is 12.2 Å². The van der Waals surface area contributed by atoms with Crippen LogP contribution in [0.25, 0.3) is 0 Å². The van der Waals surface area contributed by atoms with Crippen LogP contribution in [0.4, 0.5) is 8.78 Å². The zero-order valence-electron chi connectivity index (χ0n) is 16.1. The van der Waals surface area contributed by atoms with E-state index in [2.05, 4.69) is 5.32 Å². The number of methoxy groups -OCH3 is 1. The third-order valence-corrected chi connectivity index (χ3v) is 4.74. The number of alkyl halides is 2. The van der Waals surface area contributed by atoms with Crippen LogP contribution in [0.2, 0.25) is 0 Å².